The van der Waals surface area contributed by atoms with Gasteiger partial charge in [0.15, 0.2) is 0 Å². The number of nitrogens with one attached hydrogen (secondary N) is 1. The number of unbranched alkanes of at least 4 members (excludes halogenated alkanes) is 7. The van der Waals surface area contributed by atoms with E-state index in [0.29, 0.717) is 11.3 Å². The third-order valence-corrected chi connectivity index (χ3v) is 3.96. The Morgan fingerprint density at radius 1 is 1.05 bits per heavy atom. The zero-order chi connectivity index (χ0) is 15.5. The summed E-state index contributed by atoms with van der Waals surface area (Å²) in [6.45, 7) is 2.97. The molecule has 4 heteroatoms. The number of nitrogen functional groups attached to an aromatic ring is 1. The molecule has 0 radical (unpaired) electrons. The summed E-state index contributed by atoms with van der Waals surface area (Å²) in [7, 11) is 0. The van der Waals surface area contributed by atoms with Gasteiger partial charge in [0.2, 0.25) is 0 Å². The van der Waals surface area contributed by atoms with Crippen LogP contribution in [0.5, 0.6) is 0 Å². The molecule has 0 heterocycles. The summed E-state index contributed by atoms with van der Waals surface area (Å²) in [6.07, 6.45) is 10.2. The predicted octanol–water partition coefficient (Wildman–Crippen LogP) is 4.90. The van der Waals surface area contributed by atoms with Gasteiger partial charge in [-0.3, -0.25) is 4.79 Å². The number of nitrogens with two attached hydrogens (primary N) is 1. The van der Waals surface area contributed by atoms with E-state index in [4.69, 9.17) is 5.73 Å². The molecule has 118 valence electrons. The Kier molecular flexibility index (Phi) is 9.15. The Balaban J connectivity index is 2.11. The number of hydrogen-bond acceptors (Lipinski definition) is 2. The Hall–Kier alpha value is -1.03. The lowest BCUT2D eigenvalue weighted by Crippen LogP contribution is -2.24. The Labute approximate surface area is 136 Å². The van der Waals surface area contributed by atoms with Gasteiger partial charge in [0.25, 0.3) is 5.91 Å². The second-order valence-electron chi connectivity index (χ2n) is 5.50. The Bertz CT molecular complexity index is 415. The fraction of sp³-hybridized carbons (Fsp3) is 0.588. The lowest BCUT2D eigenvalue weighted by Gasteiger charge is -2.07. The topological polar surface area (TPSA) is 55.1 Å². The standard InChI is InChI=1S/C17H27BrN2O/c1-2-3-4-5-6-7-8-9-10-20-17(21)14-11-15(18)13-16(19)12-14/h11-13H,2-10,19H2,1H3,(H,20,21). The zero-order valence-corrected chi connectivity index (χ0v) is 14.5. The maximum Gasteiger partial charge on any atom is 0.251 e. The minimum Gasteiger partial charge on any atom is -0.399 e. The van der Waals surface area contributed by atoms with Crippen molar-refractivity contribution in [2.45, 2.75) is 58.3 Å². The summed E-state index contributed by atoms with van der Waals surface area (Å²) in [5.41, 5.74) is 6.94. The van der Waals surface area contributed by atoms with Gasteiger partial charge in [0.1, 0.15) is 0 Å². The van der Waals surface area contributed by atoms with Crippen LogP contribution >= 0.6 is 15.9 Å². The SMILES string of the molecule is CCCCCCCCCCNC(=O)c1cc(N)cc(Br)c1. The highest BCUT2D eigenvalue weighted by molar-refractivity contribution is 9.10. The van der Waals surface area contributed by atoms with Crippen molar-refractivity contribution in [1.82, 2.24) is 5.32 Å². The number of rotatable bonds is 10. The first-order valence-electron chi connectivity index (χ1n) is 7.97. The molecule has 1 aromatic carbocycles. The monoisotopic (exact) mass is 354 g/mol. The first-order valence-corrected chi connectivity index (χ1v) is 8.77. The summed E-state index contributed by atoms with van der Waals surface area (Å²) in [4.78, 5) is 12.0. The van der Waals surface area contributed by atoms with Gasteiger partial charge in [-0.15, -0.1) is 0 Å². The van der Waals surface area contributed by atoms with Gasteiger partial charge in [-0.05, 0) is 24.6 Å². The number of amides is 1. The lowest BCUT2D eigenvalue weighted by molar-refractivity contribution is 0.0953. The molecule has 1 amide bonds. The van der Waals surface area contributed by atoms with Crippen molar-refractivity contribution < 1.29 is 4.79 Å². The van der Waals surface area contributed by atoms with Crippen LogP contribution in [0.15, 0.2) is 22.7 Å². The van der Waals surface area contributed by atoms with Crippen LogP contribution < -0.4 is 11.1 Å². The molecule has 0 atom stereocenters. The molecule has 0 spiro atoms. The fourth-order valence-electron chi connectivity index (χ4n) is 2.31. The van der Waals surface area contributed by atoms with Gasteiger partial charge >= 0.3 is 0 Å². The summed E-state index contributed by atoms with van der Waals surface area (Å²) in [5.74, 6) is -0.0501. The van der Waals surface area contributed by atoms with Crippen LogP contribution in [-0.2, 0) is 0 Å². The Morgan fingerprint density at radius 2 is 1.67 bits per heavy atom. The van der Waals surface area contributed by atoms with Crippen LogP contribution in [0.3, 0.4) is 0 Å². The summed E-state index contributed by atoms with van der Waals surface area (Å²) in [5, 5.41) is 2.95. The molecule has 21 heavy (non-hydrogen) atoms. The molecule has 0 bridgehead atoms. The molecule has 0 fully saturated rings. The van der Waals surface area contributed by atoms with Crippen molar-refractivity contribution in [3.05, 3.63) is 28.2 Å². The van der Waals surface area contributed by atoms with E-state index in [9.17, 15) is 4.79 Å². The van der Waals surface area contributed by atoms with Gasteiger partial charge in [0.05, 0.1) is 0 Å². The van der Waals surface area contributed by atoms with Crippen molar-refractivity contribution in [3.63, 3.8) is 0 Å². The highest BCUT2D eigenvalue weighted by Crippen LogP contribution is 2.17. The van der Waals surface area contributed by atoms with E-state index >= 15 is 0 Å². The van der Waals surface area contributed by atoms with Crippen LogP contribution in [0.1, 0.15) is 68.6 Å². The maximum atomic E-state index is 12.0. The van der Waals surface area contributed by atoms with Gasteiger partial charge in [-0.25, -0.2) is 0 Å². The summed E-state index contributed by atoms with van der Waals surface area (Å²) >= 11 is 3.35. The second-order valence-corrected chi connectivity index (χ2v) is 6.42. The van der Waals surface area contributed by atoms with E-state index in [2.05, 4.69) is 28.2 Å². The van der Waals surface area contributed by atoms with E-state index in [0.717, 1.165) is 17.4 Å². The van der Waals surface area contributed by atoms with E-state index in [1.54, 1.807) is 18.2 Å². The van der Waals surface area contributed by atoms with Crippen LogP contribution in [0, 0.1) is 0 Å². The van der Waals surface area contributed by atoms with Crippen LogP contribution in [0.25, 0.3) is 0 Å². The first kappa shape index (κ1) is 18.0. The molecular weight excluding hydrogens is 328 g/mol. The average Bonchev–Trinajstić information content (AvgIpc) is 2.44. The molecule has 0 unspecified atom stereocenters. The summed E-state index contributed by atoms with van der Waals surface area (Å²) < 4.78 is 0.833. The second kappa shape index (κ2) is 10.7. The third kappa shape index (κ3) is 8.10. The van der Waals surface area contributed by atoms with Gasteiger partial charge in [0, 0.05) is 22.3 Å². The molecule has 1 rings (SSSR count). The minimum atomic E-state index is -0.0501. The molecule has 3 nitrogen and oxygen atoms in total. The van der Waals surface area contributed by atoms with Gasteiger partial charge in [-0.2, -0.15) is 0 Å². The molecule has 0 aliphatic rings. The first-order chi connectivity index (χ1) is 10.1. The number of benzene rings is 1. The van der Waals surface area contributed by atoms with E-state index in [-0.39, 0.29) is 5.91 Å². The highest BCUT2D eigenvalue weighted by Gasteiger charge is 2.06. The quantitative estimate of drug-likeness (QED) is 0.463. The largest absolute Gasteiger partial charge is 0.399 e. The van der Waals surface area contributed by atoms with Crippen LogP contribution in [0.4, 0.5) is 5.69 Å². The number of anilines is 1. The smallest absolute Gasteiger partial charge is 0.251 e. The minimum absolute atomic E-state index is 0.0501. The zero-order valence-electron chi connectivity index (χ0n) is 13.0. The molecule has 1 aromatic rings. The molecule has 0 aliphatic carbocycles. The van der Waals surface area contributed by atoms with E-state index < -0.39 is 0 Å². The van der Waals surface area contributed by atoms with Crippen LogP contribution in [-0.4, -0.2) is 12.5 Å². The molecule has 0 saturated heterocycles. The van der Waals surface area contributed by atoms with Crippen molar-refractivity contribution in [3.8, 4) is 0 Å². The van der Waals surface area contributed by atoms with Crippen LogP contribution in [0.2, 0.25) is 0 Å². The van der Waals surface area contributed by atoms with E-state index in [1.165, 1.54) is 44.9 Å². The van der Waals surface area contributed by atoms with Gasteiger partial charge < -0.3 is 11.1 Å². The van der Waals surface area contributed by atoms with Crippen molar-refractivity contribution in [2.24, 2.45) is 0 Å². The number of halogens is 1. The third-order valence-electron chi connectivity index (χ3n) is 3.50. The maximum absolute atomic E-state index is 12.0. The molecule has 0 aromatic heterocycles. The summed E-state index contributed by atoms with van der Waals surface area (Å²) in [6, 6.07) is 5.28. The molecule has 0 saturated carbocycles. The van der Waals surface area contributed by atoms with Crippen molar-refractivity contribution >= 4 is 27.5 Å². The average molecular weight is 355 g/mol. The Morgan fingerprint density at radius 3 is 2.29 bits per heavy atom. The highest BCUT2D eigenvalue weighted by atomic mass is 79.9. The number of carbonyl (C=O) groups excluding carboxylic acids is 1. The molecule has 3 N–H and O–H groups in total. The number of hydrogen-bond donors (Lipinski definition) is 2. The van der Waals surface area contributed by atoms with E-state index in [1.807, 2.05) is 0 Å². The molecular formula is C17H27BrN2O. The lowest BCUT2D eigenvalue weighted by atomic mass is 10.1. The van der Waals surface area contributed by atoms with Crippen molar-refractivity contribution in [1.29, 1.82) is 0 Å². The normalized spacial score (nSPS) is 10.6. The number of carbonyl (C=O) groups is 1. The predicted molar refractivity (Wildman–Crippen MR) is 93.5 cm³/mol. The molecule has 0 aliphatic heterocycles. The van der Waals surface area contributed by atoms with Crippen molar-refractivity contribution in [2.75, 3.05) is 12.3 Å². The van der Waals surface area contributed by atoms with Gasteiger partial charge in [-0.1, -0.05) is 67.8 Å². The fourth-order valence-corrected chi connectivity index (χ4v) is 2.82.